The molecule has 1 atom stereocenters. The van der Waals surface area contributed by atoms with Crippen molar-refractivity contribution < 1.29 is 9.59 Å². The molecule has 6 heteroatoms. The maximum Gasteiger partial charge on any atom is 0.322 e. The van der Waals surface area contributed by atoms with Crippen molar-refractivity contribution in [3.05, 3.63) is 89.2 Å². The van der Waals surface area contributed by atoms with Crippen LogP contribution in [0.3, 0.4) is 0 Å². The lowest BCUT2D eigenvalue weighted by atomic mass is 10.00. The van der Waals surface area contributed by atoms with E-state index in [1.807, 2.05) is 75.1 Å². The van der Waals surface area contributed by atoms with E-state index >= 15 is 0 Å². The molecule has 1 aromatic heterocycles. The van der Waals surface area contributed by atoms with Gasteiger partial charge in [0.15, 0.2) is 0 Å². The van der Waals surface area contributed by atoms with Crippen LogP contribution in [0.25, 0.3) is 0 Å². The van der Waals surface area contributed by atoms with Gasteiger partial charge in [0.2, 0.25) is 5.91 Å². The molecule has 0 spiro atoms. The van der Waals surface area contributed by atoms with Gasteiger partial charge in [-0.1, -0.05) is 48.5 Å². The van der Waals surface area contributed by atoms with Crippen LogP contribution in [-0.2, 0) is 11.3 Å². The van der Waals surface area contributed by atoms with Crippen molar-refractivity contribution in [2.45, 2.75) is 46.3 Å². The van der Waals surface area contributed by atoms with Crippen molar-refractivity contribution in [2.75, 3.05) is 18.4 Å². The summed E-state index contributed by atoms with van der Waals surface area (Å²) in [6.45, 7) is 9.19. The third kappa shape index (κ3) is 4.65. The summed E-state index contributed by atoms with van der Waals surface area (Å²) in [4.78, 5) is 30.4. The quantitative estimate of drug-likeness (QED) is 0.603. The summed E-state index contributed by atoms with van der Waals surface area (Å²) < 4.78 is 2.20. The third-order valence-corrected chi connectivity index (χ3v) is 6.38. The number of aromatic nitrogens is 1. The zero-order chi connectivity index (χ0) is 23.5. The molecule has 6 nitrogen and oxygen atoms in total. The summed E-state index contributed by atoms with van der Waals surface area (Å²) in [6.07, 6.45) is 2.06. The van der Waals surface area contributed by atoms with E-state index in [0.717, 1.165) is 34.6 Å². The van der Waals surface area contributed by atoms with Crippen molar-refractivity contribution in [3.8, 4) is 0 Å². The number of nitrogens with one attached hydrogen (secondary N) is 1. The van der Waals surface area contributed by atoms with E-state index in [-0.39, 0.29) is 30.6 Å². The zero-order valence-corrected chi connectivity index (χ0v) is 19.8. The predicted molar refractivity (Wildman–Crippen MR) is 131 cm³/mol. The predicted octanol–water partition coefficient (Wildman–Crippen LogP) is 4.98. The largest absolute Gasteiger partial charge is 0.348 e. The highest BCUT2D eigenvalue weighted by Gasteiger charge is 2.34. The molecule has 33 heavy (non-hydrogen) atoms. The number of fused-ring (bicyclic) bond motifs is 1. The highest BCUT2D eigenvalue weighted by molar-refractivity contribution is 5.94. The second-order valence-corrected chi connectivity index (χ2v) is 8.95. The number of urea groups is 1. The number of para-hydroxylation sites is 1. The Morgan fingerprint density at radius 2 is 1.67 bits per heavy atom. The zero-order valence-electron chi connectivity index (χ0n) is 19.8. The Hall–Kier alpha value is -3.54. The Morgan fingerprint density at radius 3 is 2.33 bits per heavy atom. The van der Waals surface area contributed by atoms with E-state index in [4.69, 9.17) is 0 Å². The molecule has 0 fully saturated rings. The van der Waals surface area contributed by atoms with E-state index in [2.05, 4.69) is 34.3 Å². The lowest BCUT2D eigenvalue weighted by Crippen LogP contribution is -2.50. The fourth-order valence-electron chi connectivity index (χ4n) is 4.55. The van der Waals surface area contributed by atoms with E-state index in [1.165, 1.54) is 0 Å². The van der Waals surface area contributed by atoms with E-state index in [9.17, 15) is 9.59 Å². The number of hydrogen-bond acceptors (Lipinski definition) is 2. The molecular weight excluding hydrogens is 412 g/mol. The minimum Gasteiger partial charge on any atom is -0.348 e. The van der Waals surface area contributed by atoms with Gasteiger partial charge >= 0.3 is 6.03 Å². The maximum absolute atomic E-state index is 13.6. The van der Waals surface area contributed by atoms with Crippen molar-refractivity contribution in [1.29, 1.82) is 0 Å². The molecule has 2 heterocycles. The number of rotatable bonds is 5. The molecule has 1 unspecified atom stereocenters. The Balaban J connectivity index is 1.57. The first kappa shape index (κ1) is 22.6. The number of nitrogens with zero attached hydrogens (tertiary/aromatic N) is 3. The van der Waals surface area contributed by atoms with Crippen LogP contribution in [0.2, 0.25) is 0 Å². The average molecular weight is 445 g/mol. The standard InChI is InChI=1S/C27H32N4O2/c1-19(2)31(27(33)28-25-20(3)10-8-11-21(25)4)18-24(32)30-17-16-29-15-9-14-23(29)26(30)22-12-6-5-7-13-22/h5-15,19,26H,16-18H2,1-4H3,(H,28,33). The molecule has 0 saturated carbocycles. The number of benzene rings is 2. The van der Waals surface area contributed by atoms with Crippen LogP contribution in [-0.4, -0.2) is 45.4 Å². The molecule has 0 saturated heterocycles. The van der Waals surface area contributed by atoms with Crippen LogP contribution in [0, 0.1) is 13.8 Å². The lowest BCUT2D eigenvalue weighted by molar-refractivity contribution is -0.134. The molecule has 2 aromatic carbocycles. The number of carbonyl (C=O) groups excluding carboxylic acids is 2. The summed E-state index contributed by atoms with van der Waals surface area (Å²) in [5.74, 6) is -0.0540. The van der Waals surface area contributed by atoms with Gasteiger partial charge in [-0.05, 0) is 56.5 Å². The van der Waals surface area contributed by atoms with Gasteiger partial charge in [-0.25, -0.2) is 4.79 Å². The Kier molecular flexibility index (Phi) is 6.54. The van der Waals surface area contributed by atoms with Gasteiger partial charge in [-0.3, -0.25) is 4.79 Å². The van der Waals surface area contributed by atoms with Crippen LogP contribution < -0.4 is 5.32 Å². The molecule has 1 aliphatic rings. The van der Waals surface area contributed by atoms with Crippen molar-refractivity contribution in [3.63, 3.8) is 0 Å². The first-order valence-corrected chi connectivity index (χ1v) is 11.5. The minimum atomic E-state index is -0.257. The minimum absolute atomic E-state index is 0.0263. The van der Waals surface area contributed by atoms with Crippen LogP contribution in [0.15, 0.2) is 66.9 Å². The first-order valence-electron chi connectivity index (χ1n) is 11.5. The second kappa shape index (κ2) is 9.53. The van der Waals surface area contributed by atoms with Crippen molar-refractivity contribution >= 4 is 17.6 Å². The SMILES string of the molecule is Cc1cccc(C)c1NC(=O)N(CC(=O)N1CCn2cccc2C1c1ccccc1)C(C)C. The van der Waals surface area contributed by atoms with Gasteiger partial charge < -0.3 is 19.7 Å². The lowest BCUT2D eigenvalue weighted by Gasteiger charge is -2.39. The Bertz CT molecular complexity index is 1120. The normalized spacial score (nSPS) is 15.3. The molecule has 4 rings (SSSR count). The molecular formula is C27H32N4O2. The summed E-state index contributed by atoms with van der Waals surface area (Å²) in [6, 6.07) is 19.6. The van der Waals surface area contributed by atoms with Crippen LogP contribution in [0.1, 0.15) is 42.3 Å². The van der Waals surface area contributed by atoms with E-state index in [1.54, 1.807) is 4.90 Å². The van der Waals surface area contributed by atoms with Gasteiger partial charge in [-0.2, -0.15) is 0 Å². The molecule has 0 radical (unpaired) electrons. The monoisotopic (exact) mass is 444 g/mol. The molecule has 0 bridgehead atoms. The highest BCUT2D eigenvalue weighted by Crippen LogP contribution is 2.32. The average Bonchev–Trinajstić information content (AvgIpc) is 3.28. The smallest absolute Gasteiger partial charge is 0.322 e. The first-order chi connectivity index (χ1) is 15.9. The summed E-state index contributed by atoms with van der Waals surface area (Å²) in [5.41, 5.74) is 4.97. The van der Waals surface area contributed by atoms with Gasteiger partial charge in [0.25, 0.3) is 0 Å². The second-order valence-electron chi connectivity index (χ2n) is 8.95. The van der Waals surface area contributed by atoms with Crippen LogP contribution in [0.4, 0.5) is 10.5 Å². The molecule has 0 aliphatic carbocycles. The fraction of sp³-hybridized carbons (Fsp3) is 0.333. The highest BCUT2D eigenvalue weighted by atomic mass is 16.2. The molecule has 172 valence electrons. The van der Waals surface area contributed by atoms with E-state index in [0.29, 0.717) is 6.54 Å². The number of aryl methyl sites for hydroxylation is 2. The summed E-state index contributed by atoms with van der Waals surface area (Å²) in [7, 11) is 0. The summed E-state index contributed by atoms with van der Waals surface area (Å²) in [5, 5.41) is 3.03. The Morgan fingerprint density at radius 1 is 0.970 bits per heavy atom. The topological polar surface area (TPSA) is 57.6 Å². The number of anilines is 1. The van der Waals surface area contributed by atoms with Gasteiger partial charge in [-0.15, -0.1) is 0 Å². The summed E-state index contributed by atoms with van der Waals surface area (Å²) >= 11 is 0. The fourth-order valence-corrected chi connectivity index (χ4v) is 4.55. The number of amides is 3. The van der Waals surface area contributed by atoms with Crippen molar-refractivity contribution in [1.82, 2.24) is 14.4 Å². The van der Waals surface area contributed by atoms with Crippen molar-refractivity contribution in [2.24, 2.45) is 0 Å². The van der Waals surface area contributed by atoms with E-state index < -0.39 is 0 Å². The Labute approximate surface area is 195 Å². The van der Waals surface area contributed by atoms with Gasteiger partial charge in [0, 0.05) is 36.7 Å². The molecule has 1 N–H and O–H groups in total. The molecule has 3 amide bonds. The number of carbonyl (C=O) groups is 2. The van der Waals surface area contributed by atoms with Crippen LogP contribution in [0.5, 0.6) is 0 Å². The third-order valence-electron chi connectivity index (χ3n) is 6.38. The molecule has 1 aliphatic heterocycles. The molecule has 3 aromatic rings. The number of hydrogen-bond donors (Lipinski definition) is 1. The maximum atomic E-state index is 13.6. The van der Waals surface area contributed by atoms with Gasteiger partial charge in [0.05, 0.1) is 6.04 Å². The van der Waals surface area contributed by atoms with Gasteiger partial charge in [0.1, 0.15) is 6.54 Å². The van der Waals surface area contributed by atoms with Crippen LogP contribution >= 0.6 is 0 Å².